The highest BCUT2D eigenvalue weighted by Crippen LogP contribution is 2.38. The van der Waals surface area contributed by atoms with Crippen molar-refractivity contribution in [2.45, 2.75) is 54.8 Å². The molecule has 192 valence electrons. The van der Waals surface area contributed by atoms with Crippen LogP contribution in [-0.2, 0) is 18.9 Å². The Morgan fingerprint density at radius 1 is 0.882 bits per heavy atom. The predicted molar refractivity (Wildman–Crippen MR) is 103 cm³/mol. The molecule has 2 saturated heterocycles. The molecule has 10 N–H and O–H groups in total. The Kier molecular flexibility index (Phi) is 7.83. The lowest BCUT2D eigenvalue weighted by Crippen LogP contribution is -2.62. The van der Waals surface area contributed by atoms with Crippen molar-refractivity contribution >= 4 is 5.97 Å². The van der Waals surface area contributed by atoms with Gasteiger partial charge in [-0.2, -0.15) is 0 Å². The van der Waals surface area contributed by atoms with E-state index in [1.165, 1.54) is 0 Å². The van der Waals surface area contributed by atoms with Crippen molar-refractivity contribution in [1.29, 1.82) is 0 Å². The van der Waals surface area contributed by atoms with Crippen molar-refractivity contribution in [2.75, 3.05) is 19.8 Å². The first-order valence-electron chi connectivity index (χ1n) is 10.0. The van der Waals surface area contributed by atoms with Crippen molar-refractivity contribution in [3.8, 4) is 17.2 Å². The van der Waals surface area contributed by atoms with Gasteiger partial charge in [0.2, 0.25) is 5.79 Å². The largest absolute Gasteiger partial charge is 0.504 e. The van der Waals surface area contributed by atoms with E-state index in [0.717, 1.165) is 12.1 Å². The van der Waals surface area contributed by atoms with E-state index in [0.29, 0.717) is 0 Å². The smallest absolute Gasteiger partial charge is 0.338 e. The highest BCUT2D eigenvalue weighted by atomic mass is 16.8. The molecule has 15 heteroatoms. The summed E-state index contributed by atoms with van der Waals surface area (Å²) in [5.41, 5.74) is -0.442. The Labute approximate surface area is 191 Å². The molecule has 2 aliphatic rings. The molecule has 2 heterocycles. The van der Waals surface area contributed by atoms with E-state index in [1.807, 2.05) is 0 Å². The molecular formula is C19H26O15. The molecule has 9 atom stereocenters. The van der Waals surface area contributed by atoms with Crippen LogP contribution >= 0.6 is 0 Å². The van der Waals surface area contributed by atoms with Crippen LogP contribution in [0.1, 0.15) is 10.4 Å². The average molecular weight is 494 g/mol. The Balaban J connectivity index is 1.85. The maximum Gasteiger partial charge on any atom is 0.338 e. The second kappa shape index (κ2) is 10.1. The SMILES string of the molecule is O=C(OC[C@@]1(O[C@H]2O[C@H](CO)[C@@H](O)[C@H](O)[C@H]2O)O[C@H](CO)[C@@H](O)[C@@H]1O)c1cc(O)c(O)c(O)c1. The first-order valence-corrected chi connectivity index (χ1v) is 10.0. The molecule has 1 aromatic rings. The number of esters is 1. The Bertz CT molecular complexity index is 854. The van der Waals surface area contributed by atoms with Crippen LogP contribution in [0.5, 0.6) is 17.2 Å². The maximum absolute atomic E-state index is 12.4. The van der Waals surface area contributed by atoms with Crippen LogP contribution < -0.4 is 0 Å². The molecule has 15 nitrogen and oxygen atoms in total. The summed E-state index contributed by atoms with van der Waals surface area (Å²) in [7, 11) is 0. The molecule has 2 aliphatic heterocycles. The highest BCUT2D eigenvalue weighted by molar-refractivity contribution is 5.91. The Morgan fingerprint density at radius 2 is 1.47 bits per heavy atom. The zero-order valence-corrected chi connectivity index (χ0v) is 17.4. The summed E-state index contributed by atoms with van der Waals surface area (Å²) in [6.45, 7) is -2.63. The normalized spacial score (nSPS) is 38.1. The fourth-order valence-electron chi connectivity index (χ4n) is 3.59. The predicted octanol–water partition coefficient (Wildman–Crippen LogP) is -4.41. The van der Waals surface area contributed by atoms with Crippen LogP contribution in [0.25, 0.3) is 0 Å². The number of benzene rings is 1. The summed E-state index contributed by atoms with van der Waals surface area (Å²) < 4.78 is 21.0. The summed E-state index contributed by atoms with van der Waals surface area (Å²) in [6.07, 6.45) is -14.0. The number of carbonyl (C=O) groups is 1. The minimum Gasteiger partial charge on any atom is -0.504 e. The fourth-order valence-corrected chi connectivity index (χ4v) is 3.59. The molecule has 34 heavy (non-hydrogen) atoms. The van der Waals surface area contributed by atoms with E-state index in [2.05, 4.69) is 0 Å². The monoisotopic (exact) mass is 494 g/mol. The number of phenolic OH excluding ortho intramolecular Hbond substituents is 3. The van der Waals surface area contributed by atoms with Crippen molar-refractivity contribution < 1.29 is 74.8 Å². The molecule has 0 amide bonds. The van der Waals surface area contributed by atoms with Gasteiger partial charge in [-0.3, -0.25) is 0 Å². The lowest BCUT2D eigenvalue weighted by atomic mass is 9.99. The molecule has 0 bridgehead atoms. The quantitative estimate of drug-likeness (QED) is 0.127. The molecule has 0 aromatic heterocycles. The summed E-state index contributed by atoms with van der Waals surface area (Å²) in [5.74, 6) is -6.28. The molecule has 0 spiro atoms. The number of aliphatic hydroxyl groups excluding tert-OH is 7. The van der Waals surface area contributed by atoms with Gasteiger partial charge in [-0.15, -0.1) is 0 Å². The van der Waals surface area contributed by atoms with Crippen LogP contribution in [0.15, 0.2) is 12.1 Å². The number of carbonyl (C=O) groups excluding carboxylic acids is 1. The minimum absolute atomic E-state index is 0.442. The van der Waals surface area contributed by atoms with Crippen molar-refractivity contribution in [1.82, 2.24) is 0 Å². The van der Waals surface area contributed by atoms with Gasteiger partial charge in [0.05, 0.1) is 18.8 Å². The number of phenols is 3. The van der Waals surface area contributed by atoms with Crippen LogP contribution in [0.3, 0.4) is 0 Å². The second-order valence-electron chi connectivity index (χ2n) is 7.84. The average Bonchev–Trinajstić information content (AvgIpc) is 3.05. The molecule has 3 rings (SSSR count). The van der Waals surface area contributed by atoms with E-state index < -0.39 is 103 Å². The minimum atomic E-state index is -2.49. The Morgan fingerprint density at radius 3 is 2.00 bits per heavy atom. The van der Waals surface area contributed by atoms with Crippen LogP contribution in [0.2, 0.25) is 0 Å². The van der Waals surface area contributed by atoms with E-state index in [-0.39, 0.29) is 0 Å². The molecule has 1 aromatic carbocycles. The zero-order chi connectivity index (χ0) is 25.4. The summed E-state index contributed by atoms with van der Waals surface area (Å²) in [4.78, 5) is 12.4. The van der Waals surface area contributed by atoms with Crippen molar-refractivity contribution in [2.24, 2.45) is 0 Å². The maximum atomic E-state index is 12.4. The standard InChI is InChI=1S/C19H26O15/c20-3-9-12(25)14(27)15(28)18(32-9)34-19(16(29)13(26)10(4-21)33-19)5-31-17(30)6-1-7(22)11(24)8(23)2-6/h1-2,9-10,12-16,18,20-29H,3-5H2/t9-,10-,12-,13-,14+,15-,16+,18-,19+/m1/s1. The molecule has 2 fully saturated rings. The third kappa shape index (κ3) is 4.76. The third-order valence-corrected chi connectivity index (χ3v) is 5.56. The van der Waals surface area contributed by atoms with Gasteiger partial charge in [-0.05, 0) is 12.1 Å². The molecule has 0 unspecified atom stereocenters. The van der Waals surface area contributed by atoms with Gasteiger partial charge in [-0.25, -0.2) is 4.79 Å². The van der Waals surface area contributed by atoms with Gasteiger partial charge in [0.15, 0.2) is 23.5 Å². The van der Waals surface area contributed by atoms with Gasteiger partial charge >= 0.3 is 5.97 Å². The van der Waals surface area contributed by atoms with Gasteiger partial charge in [0.1, 0.15) is 49.3 Å². The van der Waals surface area contributed by atoms with Gasteiger partial charge in [-0.1, -0.05) is 0 Å². The molecule has 0 aliphatic carbocycles. The zero-order valence-electron chi connectivity index (χ0n) is 17.4. The lowest BCUT2D eigenvalue weighted by Gasteiger charge is -2.43. The van der Waals surface area contributed by atoms with Crippen LogP contribution in [0, 0.1) is 0 Å². The number of rotatable bonds is 7. The van der Waals surface area contributed by atoms with Crippen LogP contribution in [-0.4, -0.2) is 132 Å². The van der Waals surface area contributed by atoms with Crippen molar-refractivity contribution in [3.63, 3.8) is 0 Å². The first-order chi connectivity index (χ1) is 16.0. The summed E-state index contributed by atoms with van der Waals surface area (Å²) >= 11 is 0. The van der Waals surface area contributed by atoms with Gasteiger partial charge in [0.25, 0.3) is 0 Å². The summed E-state index contributed by atoms with van der Waals surface area (Å²) in [6, 6.07) is 1.53. The number of aliphatic hydroxyl groups is 7. The third-order valence-electron chi connectivity index (χ3n) is 5.56. The summed E-state index contributed by atoms with van der Waals surface area (Å²) in [5, 5.41) is 98.1. The van der Waals surface area contributed by atoms with Crippen molar-refractivity contribution in [3.05, 3.63) is 17.7 Å². The lowest BCUT2D eigenvalue weighted by molar-refractivity contribution is -0.383. The van der Waals surface area contributed by atoms with E-state index >= 15 is 0 Å². The molecule has 0 saturated carbocycles. The van der Waals surface area contributed by atoms with Crippen LogP contribution in [0.4, 0.5) is 0 Å². The fraction of sp³-hybridized carbons (Fsp3) is 0.632. The van der Waals surface area contributed by atoms with E-state index in [1.54, 1.807) is 0 Å². The Hall–Kier alpha value is -2.31. The number of hydrogen-bond donors (Lipinski definition) is 10. The molecule has 0 radical (unpaired) electrons. The number of ether oxygens (including phenoxy) is 4. The highest BCUT2D eigenvalue weighted by Gasteiger charge is 2.59. The first kappa shape index (κ1) is 26.3. The number of hydrogen-bond acceptors (Lipinski definition) is 15. The molecular weight excluding hydrogens is 468 g/mol. The van der Waals surface area contributed by atoms with E-state index in [4.69, 9.17) is 18.9 Å². The number of aromatic hydroxyl groups is 3. The second-order valence-corrected chi connectivity index (χ2v) is 7.84. The van der Waals surface area contributed by atoms with Gasteiger partial charge < -0.3 is 70.0 Å². The topological polar surface area (TPSA) is 256 Å². The van der Waals surface area contributed by atoms with E-state index in [9.17, 15) is 55.9 Å². The van der Waals surface area contributed by atoms with Gasteiger partial charge in [0, 0.05) is 0 Å².